The number of carbonyl (C=O) groups is 4. The SMILES string of the molecule is CCCC[C@H](NC(=O)C1(NC(=O)N2CCOCC2)CCCCC1)C(=O)C(=O)Nc1cc(F)cc(F)c1. The molecule has 0 unspecified atom stereocenters. The van der Waals surface area contributed by atoms with Crippen molar-refractivity contribution < 1.29 is 32.7 Å². The third-order valence-corrected chi connectivity index (χ3v) is 6.60. The van der Waals surface area contributed by atoms with Crippen molar-refractivity contribution in [2.45, 2.75) is 69.9 Å². The average molecular weight is 509 g/mol. The summed E-state index contributed by atoms with van der Waals surface area (Å²) >= 11 is 0. The van der Waals surface area contributed by atoms with Crippen molar-refractivity contribution in [3.63, 3.8) is 0 Å². The maximum atomic E-state index is 13.5. The smallest absolute Gasteiger partial charge is 0.318 e. The Balaban J connectivity index is 1.73. The van der Waals surface area contributed by atoms with Crippen LogP contribution < -0.4 is 16.0 Å². The first-order valence-corrected chi connectivity index (χ1v) is 12.5. The Morgan fingerprint density at radius 1 is 1.03 bits per heavy atom. The zero-order valence-electron chi connectivity index (χ0n) is 20.5. The van der Waals surface area contributed by atoms with Gasteiger partial charge >= 0.3 is 6.03 Å². The molecule has 1 aliphatic carbocycles. The molecule has 0 bridgehead atoms. The van der Waals surface area contributed by atoms with Crippen molar-refractivity contribution in [3.8, 4) is 0 Å². The van der Waals surface area contributed by atoms with E-state index in [4.69, 9.17) is 4.74 Å². The van der Waals surface area contributed by atoms with Crippen LogP contribution in [-0.4, -0.2) is 66.4 Å². The number of morpholine rings is 1. The predicted octanol–water partition coefficient (Wildman–Crippen LogP) is 2.89. The molecular formula is C25H34F2N4O5. The fourth-order valence-corrected chi connectivity index (χ4v) is 4.56. The Morgan fingerprint density at radius 3 is 2.28 bits per heavy atom. The van der Waals surface area contributed by atoms with Gasteiger partial charge in [-0.15, -0.1) is 0 Å². The second-order valence-electron chi connectivity index (χ2n) is 9.32. The molecule has 1 aromatic carbocycles. The van der Waals surface area contributed by atoms with Gasteiger partial charge in [-0.2, -0.15) is 0 Å². The summed E-state index contributed by atoms with van der Waals surface area (Å²) in [5, 5.41) is 7.82. The largest absolute Gasteiger partial charge is 0.378 e. The van der Waals surface area contributed by atoms with Gasteiger partial charge in [0.15, 0.2) is 0 Å². The van der Waals surface area contributed by atoms with E-state index >= 15 is 0 Å². The lowest BCUT2D eigenvalue weighted by atomic mass is 9.80. The zero-order chi connectivity index (χ0) is 26.1. The minimum atomic E-state index is -1.19. The summed E-state index contributed by atoms with van der Waals surface area (Å²) in [4.78, 5) is 53.7. The molecule has 1 saturated heterocycles. The number of ether oxygens (including phenoxy) is 1. The lowest BCUT2D eigenvalue weighted by Gasteiger charge is -2.39. The minimum absolute atomic E-state index is 0.201. The Kier molecular flexibility index (Phi) is 9.74. The number of nitrogens with one attached hydrogen (secondary N) is 3. The molecule has 0 radical (unpaired) electrons. The summed E-state index contributed by atoms with van der Waals surface area (Å²) in [6.45, 7) is 3.59. The number of carbonyl (C=O) groups excluding carboxylic acids is 4. The number of anilines is 1. The quantitative estimate of drug-likeness (QED) is 0.444. The van der Waals surface area contributed by atoms with Crippen LogP contribution in [0, 0.1) is 11.6 Å². The maximum Gasteiger partial charge on any atom is 0.318 e. The predicted molar refractivity (Wildman–Crippen MR) is 128 cm³/mol. The normalized spacial score (nSPS) is 18.1. The standard InChI is InChI=1S/C25H34F2N4O5/c1-2-3-7-20(21(32)22(33)28-19-15-17(26)14-18(27)16-19)29-23(34)25(8-5-4-6-9-25)30-24(35)31-10-12-36-13-11-31/h14-16,20H,2-13H2,1H3,(H,28,33)(H,29,34)(H,30,35)/t20-/m0/s1. The molecule has 3 rings (SSSR count). The highest BCUT2D eigenvalue weighted by molar-refractivity contribution is 6.42. The van der Waals surface area contributed by atoms with Crippen LogP contribution in [0.3, 0.4) is 0 Å². The number of rotatable bonds is 9. The summed E-state index contributed by atoms with van der Waals surface area (Å²) in [5.74, 6) is -4.32. The molecule has 11 heteroatoms. The van der Waals surface area contributed by atoms with Gasteiger partial charge in [0.1, 0.15) is 17.2 Å². The molecule has 9 nitrogen and oxygen atoms in total. The van der Waals surface area contributed by atoms with Gasteiger partial charge < -0.3 is 25.6 Å². The van der Waals surface area contributed by atoms with Crippen LogP contribution in [0.1, 0.15) is 58.3 Å². The molecule has 2 aliphatic rings. The third kappa shape index (κ3) is 7.22. The molecule has 1 saturated carbocycles. The van der Waals surface area contributed by atoms with E-state index in [2.05, 4.69) is 16.0 Å². The van der Waals surface area contributed by atoms with Crippen molar-refractivity contribution in [2.24, 2.45) is 0 Å². The maximum absolute atomic E-state index is 13.5. The van der Waals surface area contributed by atoms with Gasteiger partial charge in [0.2, 0.25) is 11.7 Å². The van der Waals surface area contributed by atoms with E-state index in [1.807, 2.05) is 6.92 Å². The summed E-state index contributed by atoms with van der Waals surface area (Å²) in [7, 11) is 0. The number of hydrogen-bond donors (Lipinski definition) is 3. The molecule has 1 aliphatic heterocycles. The lowest BCUT2D eigenvalue weighted by Crippen LogP contribution is -2.64. The van der Waals surface area contributed by atoms with E-state index in [1.165, 1.54) is 0 Å². The van der Waals surface area contributed by atoms with Gasteiger partial charge in [-0.25, -0.2) is 13.6 Å². The molecule has 0 spiro atoms. The van der Waals surface area contributed by atoms with Gasteiger partial charge in [-0.3, -0.25) is 14.4 Å². The Hall–Kier alpha value is -3.08. The van der Waals surface area contributed by atoms with Crippen LogP contribution >= 0.6 is 0 Å². The first kappa shape index (κ1) is 27.5. The molecule has 0 aromatic heterocycles. The fraction of sp³-hybridized carbons (Fsp3) is 0.600. The fourth-order valence-electron chi connectivity index (χ4n) is 4.56. The number of halogens is 2. The van der Waals surface area contributed by atoms with Crippen LogP contribution in [0.25, 0.3) is 0 Å². The molecule has 2 fully saturated rings. The first-order valence-electron chi connectivity index (χ1n) is 12.5. The van der Waals surface area contributed by atoms with Crippen molar-refractivity contribution in [1.29, 1.82) is 0 Å². The molecule has 36 heavy (non-hydrogen) atoms. The van der Waals surface area contributed by atoms with E-state index in [1.54, 1.807) is 4.90 Å². The van der Waals surface area contributed by atoms with Gasteiger partial charge in [-0.1, -0.05) is 39.0 Å². The van der Waals surface area contributed by atoms with E-state index < -0.39 is 40.8 Å². The molecular weight excluding hydrogens is 474 g/mol. The highest BCUT2D eigenvalue weighted by Gasteiger charge is 2.43. The first-order chi connectivity index (χ1) is 17.2. The van der Waals surface area contributed by atoms with Crippen LogP contribution in [0.4, 0.5) is 19.3 Å². The lowest BCUT2D eigenvalue weighted by molar-refractivity contribution is -0.138. The van der Waals surface area contributed by atoms with Crippen LogP contribution in [0.15, 0.2) is 18.2 Å². The van der Waals surface area contributed by atoms with Gasteiger partial charge in [0, 0.05) is 24.8 Å². The van der Waals surface area contributed by atoms with Gasteiger partial charge in [-0.05, 0) is 31.4 Å². The monoisotopic (exact) mass is 508 g/mol. The number of Topliss-reactive ketones (excluding diaryl/α,β-unsaturated/α-hetero) is 1. The third-order valence-electron chi connectivity index (χ3n) is 6.60. The topological polar surface area (TPSA) is 117 Å². The van der Waals surface area contributed by atoms with Crippen molar-refractivity contribution >= 4 is 29.3 Å². The molecule has 3 N–H and O–H groups in total. The molecule has 1 atom stereocenters. The van der Waals surface area contributed by atoms with Crippen molar-refractivity contribution in [2.75, 3.05) is 31.6 Å². The van der Waals surface area contributed by atoms with E-state index in [0.717, 1.165) is 37.8 Å². The number of benzene rings is 1. The number of urea groups is 1. The molecule has 1 aromatic rings. The van der Waals surface area contributed by atoms with Crippen molar-refractivity contribution in [1.82, 2.24) is 15.5 Å². The summed E-state index contributed by atoms with van der Waals surface area (Å²) in [5.41, 5.74) is -1.39. The van der Waals surface area contributed by atoms with Crippen LogP contribution in [0.5, 0.6) is 0 Å². The summed E-state index contributed by atoms with van der Waals surface area (Å²) in [6.07, 6.45) is 4.70. The van der Waals surface area contributed by atoms with Crippen molar-refractivity contribution in [3.05, 3.63) is 29.8 Å². The number of amides is 4. The van der Waals surface area contributed by atoms with Crippen LogP contribution in [-0.2, 0) is 19.1 Å². The Bertz CT molecular complexity index is 942. The summed E-state index contributed by atoms with van der Waals surface area (Å²) < 4.78 is 32.3. The van der Waals surface area contributed by atoms with Crippen LogP contribution in [0.2, 0.25) is 0 Å². The Labute approximate surface area is 209 Å². The number of unbranched alkanes of at least 4 members (excludes halogenated alkanes) is 1. The highest BCUT2D eigenvalue weighted by Crippen LogP contribution is 2.29. The second kappa shape index (κ2) is 12.8. The molecule has 198 valence electrons. The van der Waals surface area contributed by atoms with Gasteiger partial charge in [0.25, 0.3) is 5.91 Å². The van der Waals surface area contributed by atoms with E-state index in [9.17, 15) is 28.0 Å². The summed E-state index contributed by atoms with van der Waals surface area (Å²) in [6, 6.07) is 0.932. The zero-order valence-corrected chi connectivity index (χ0v) is 20.5. The number of ketones is 1. The second-order valence-corrected chi connectivity index (χ2v) is 9.32. The average Bonchev–Trinajstić information content (AvgIpc) is 2.86. The molecule has 1 heterocycles. The van der Waals surface area contributed by atoms with E-state index in [0.29, 0.717) is 51.6 Å². The number of hydrogen-bond acceptors (Lipinski definition) is 5. The minimum Gasteiger partial charge on any atom is -0.378 e. The Morgan fingerprint density at radius 2 is 1.67 bits per heavy atom. The molecule has 4 amide bonds. The van der Waals surface area contributed by atoms with Gasteiger partial charge in [0.05, 0.1) is 19.3 Å². The van der Waals surface area contributed by atoms with E-state index in [-0.39, 0.29) is 18.1 Å². The number of nitrogens with zero attached hydrogens (tertiary/aromatic N) is 1. The highest BCUT2D eigenvalue weighted by atomic mass is 19.1.